The Balaban J connectivity index is 1.38. The van der Waals surface area contributed by atoms with Gasteiger partial charge in [-0.2, -0.15) is 10.1 Å². The van der Waals surface area contributed by atoms with Crippen LogP contribution in [0.3, 0.4) is 0 Å². The Morgan fingerprint density at radius 2 is 2.09 bits per heavy atom. The van der Waals surface area contributed by atoms with Crippen LogP contribution in [-0.4, -0.2) is 33.8 Å². The van der Waals surface area contributed by atoms with Crippen molar-refractivity contribution in [1.29, 1.82) is 0 Å². The number of halogens is 1. The van der Waals surface area contributed by atoms with Gasteiger partial charge < -0.3 is 10.2 Å². The number of fused-ring (bicyclic) bond motifs is 1. The lowest BCUT2D eigenvalue weighted by Gasteiger charge is -2.31. The van der Waals surface area contributed by atoms with Crippen LogP contribution in [0.2, 0.25) is 0 Å². The maximum Gasteiger partial charge on any atom is 0.229 e. The second kappa shape index (κ2) is 8.94. The fourth-order valence-electron chi connectivity index (χ4n) is 4.40. The first kappa shape index (κ1) is 21.6. The fraction of sp³-hybridized carbons (Fsp3) is 0.320. The van der Waals surface area contributed by atoms with E-state index in [1.54, 1.807) is 22.1 Å². The minimum atomic E-state index is -0.307. The van der Waals surface area contributed by atoms with E-state index in [1.807, 2.05) is 37.3 Å². The van der Waals surface area contributed by atoms with E-state index in [4.69, 9.17) is 4.98 Å². The van der Waals surface area contributed by atoms with E-state index in [0.717, 1.165) is 58.2 Å². The zero-order valence-corrected chi connectivity index (χ0v) is 19.5. The summed E-state index contributed by atoms with van der Waals surface area (Å²) in [5.74, 6) is -0.348. The number of piperidine rings is 1. The average molecular weight is 464 g/mol. The molecule has 1 atom stereocenters. The van der Waals surface area contributed by atoms with Crippen molar-refractivity contribution < 1.29 is 9.18 Å². The van der Waals surface area contributed by atoms with Crippen molar-refractivity contribution in [3.63, 3.8) is 0 Å². The number of amides is 1. The lowest BCUT2D eigenvalue weighted by Crippen LogP contribution is -2.40. The Kier molecular flexibility index (Phi) is 5.85. The van der Waals surface area contributed by atoms with Crippen LogP contribution in [0.5, 0.6) is 0 Å². The molecule has 0 saturated carbocycles. The number of hydrogen-bond donors (Lipinski definition) is 1. The quantitative estimate of drug-likeness (QED) is 0.434. The summed E-state index contributed by atoms with van der Waals surface area (Å²) >= 11 is 1.58. The Morgan fingerprint density at radius 1 is 1.24 bits per heavy atom. The molecule has 1 aliphatic rings. The van der Waals surface area contributed by atoms with Gasteiger partial charge in [-0.3, -0.25) is 4.79 Å². The highest BCUT2D eigenvalue weighted by Crippen LogP contribution is 2.34. The average Bonchev–Trinajstić information content (AvgIpc) is 3.40. The van der Waals surface area contributed by atoms with Gasteiger partial charge in [0.15, 0.2) is 10.8 Å². The third kappa shape index (κ3) is 4.23. The number of benzene rings is 2. The molecule has 8 heteroatoms. The number of nitrogens with zero attached hydrogens (tertiary/aromatic N) is 4. The number of aromatic nitrogens is 3. The number of anilines is 2. The normalized spacial score (nSPS) is 16.3. The predicted molar refractivity (Wildman–Crippen MR) is 131 cm³/mol. The molecule has 5 rings (SSSR count). The highest BCUT2D eigenvalue weighted by Gasteiger charge is 2.29. The van der Waals surface area contributed by atoms with Crippen molar-refractivity contribution in [2.45, 2.75) is 33.1 Å². The van der Waals surface area contributed by atoms with Crippen LogP contribution in [0.1, 0.15) is 31.0 Å². The zero-order chi connectivity index (χ0) is 22.9. The Bertz CT molecular complexity index is 1310. The molecule has 0 radical (unpaired) electrons. The summed E-state index contributed by atoms with van der Waals surface area (Å²) in [6.07, 6.45) is 2.66. The highest BCUT2D eigenvalue weighted by atomic mass is 32.1. The molecule has 33 heavy (non-hydrogen) atoms. The van der Waals surface area contributed by atoms with Crippen molar-refractivity contribution in [2.75, 3.05) is 23.3 Å². The van der Waals surface area contributed by atoms with Crippen LogP contribution in [0.15, 0.2) is 48.5 Å². The monoisotopic (exact) mass is 463 g/mol. The van der Waals surface area contributed by atoms with Crippen molar-refractivity contribution in [1.82, 2.24) is 14.8 Å². The molecule has 1 N–H and O–H groups in total. The van der Waals surface area contributed by atoms with Crippen LogP contribution in [0.4, 0.5) is 15.2 Å². The first-order valence-electron chi connectivity index (χ1n) is 11.3. The molecule has 1 saturated heterocycles. The van der Waals surface area contributed by atoms with E-state index in [1.165, 1.54) is 12.1 Å². The molecule has 2 aromatic heterocycles. The molecule has 4 aromatic rings. The molecule has 0 unspecified atom stereocenters. The number of rotatable bonds is 5. The van der Waals surface area contributed by atoms with Gasteiger partial charge in [0.2, 0.25) is 5.91 Å². The van der Waals surface area contributed by atoms with Crippen LogP contribution in [0.25, 0.3) is 16.0 Å². The number of hydrogen-bond acceptors (Lipinski definition) is 5. The van der Waals surface area contributed by atoms with Gasteiger partial charge in [-0.05, 0) is 56.0 Å². The predicted octanol–water partition coefficient (Wildman–Crippen LogP) is 5.35. The van der Waals surface area contributed by atoms with E-state index >= 15 is 0 Å². The topological polar surface area (TPSA) is 63.1 Å². The van der Waals surface area contributed by atoms with E-state index in [-0.39, 0.29) is 17.6 Å². The Labute approximate surface area is 196 Å². The molecule has 1 fully saturated rings. The van der Waals surface area contributed by atoms with Gasteiger partial charge in [0.1, 0.15) is 5.82 Å². The first-order valence-corrected chi connectivity index (χ1v) is 12.1. The minimum Gasteiger partial charge on any atom is -0.347 e. The molecule has 3 heterocycles. The van der Waals surface area contributed by atoms with Gasteiger partial charge in [-0.1, -0.05) is 42.5 Å². The number of aryl methyl sites for hydroxylation is 2. The summed E-state index contributed by atoms with van der Waals surface area (Å²) in [7, 11) is 0. The Hall–Kier alpha value is -3.26. The third-order valence-corrected chi connectivity index (χ3v) is 7.36. The van der Waals surface area contributed by atoms with Gasteiger partial charge in [-0.15, -0.1) is 0 Å². The smallest absolute Gasteiger partial charge is 0.229 e. The molecule has 2 aromatic carbocycles. The summed E-state index contributed by atoms with van der Waals surface area (Å²) in [5, 5.41) is 8.58. The number of para-hydroxylation sites is 1. The molecule has 6 nitrogen and oxygen atoms in total. The molecule has 0 bridgehead atoms. The van der Waals surface area contributed by atoms with Gasteiger partial charge in [0.05, 0.1) is 22.0 Å². The fourth-order valence-corrected chi connectivity index (χ4v) is 5.42. The molecule has 0 spiro atoms. The number of carbonyl (C=O) groups excluding carboxylic acids is 1. The molecule has 170 valence electrons. The van der Waals surface area contributed by atoms with Crippen LogP contribution in [-0.2, 0) is 11.2 Å². The largest absolute Gasteiger partial charge is 0.347 e. The summed E-state index contributed by atoms with van der Waals surface area (Å²) in [5.41, 5.74) is 4.27. The summed E-state index contributed by atoms with van der Waals surface area (Å²) < 4.78 is 16.5. The van der Waals surface area contributed by atoms with Crippen LogP contribution >= 0.6 is 11.3 Å². The van der Waals surface area contributed by atoms with Crippen LogP contribution < -0.4 is 10.2 Å². The maximum atomic E-state index is 13.8. The summed E-state index contributed by atoms with van der Waals surface area (Å²) in [6, 6.07) is 14.3. The van der Waals surface area contributed by atoms with Crippen molar-refractivity contribution in [2.24, 2.45) is 5.92 Å². The van der Waals surface area contributed by atoms with Gasteiger partial charge in [0.25, 0.3) is 0 Å². The molecular formula is C25H26FN5OS. The van der Waals surface area contributed by atoms with Gasteiger partial charge in [-0.25, -0.2) is 9.07 Å². The van der Waals surface area contributed by atoms with Gasteiger partial charge >= 0.3 is 0 Å². The molecule has 1 amide bonds. The first-order chi connectivity index (χ1) is 16.0. The molecular weight excluding hydrogens is 437 g/mol. The molecule has 1 aliphatic heterocycles. The molecule has 0 aliphatic carbocycles. The van der Waals surface area contributed by atoms with Crippen molar-refractivity contribution in [3.8, 4) is 5.69 Å². The number of carbonyl (C=O) groups is 1. The van der Waals surface area contributed by atoms with E-state index in [2.05, 4.69) is 22.2 Å². The van der Waals surface area contributed by atoms with Crippen molar-refractivity contribution >= 4 is 38.4 Å². The Morgan fingerprint density at radius 3 is 2.91 bits per heavy atom. The van der Waals surface area contributed by atoms with Crippen molar-refractivity contribution in [3.05, 3.63) is 65.6 Å². The van der Waals surface area contributed by atoms with Crippen LogP contribution in [0, 0.1) is 18.7 Å². The maximum absolute atomic E-state index is 13.8. The minimum absolute atomic E-state index is 0.0591. The third-order valence-electron chi connectivity index (χ3n) is 6.15. The lowest BCUT2D eigenvalue weighted by molar-refractivity contribution is -0.120. The lowest BCUT2D eigenvalue weighted by atomic mass is 9.97. The number of nitrogens with one attached hydrogen (secondary N) is 1. The van der Waals surface area contributed by atoms with E-state index < -0.39 is 0 Å². The summed E-state index contributed by atoms with van der Waals surface area (Å²) in [4.78, 5) is 20.1. The highest BCUT2D eigenvalue weighted by molar-refractivity contribution is 7.22. The van der Waals surface area contributed by atoms with E-state index in [0.29, 0.717) is 12.2 Å². The standard InChI is InChI=1S/C25H26FN5OS/c1-3-17-8-4-5-12-21(17)27-24(32)18-9-7-13-30(15-18)25-28-23-22(33-25)16(2)29-31(23)20-11-6-10-19(26)14-20/h4-6,8,10-12,14,18H,3,7,9,13,15H2,1-2H3,(H,27,32)/t18-/m0/s1. The van der Waals surface area contributed by atoms with E-state index in [9.17, 15) is 9.18 Å². The second-order valence-electron chi connectivity index (χ2n) is 8.41. The zero-order valence-electron chi connectivity index (χ0n) is 18.7. The SMILES string of the molecule is CCc1ccccc1NC(=O)[C@H]1CCCN(c2nc3c(s2)c(C)nn3-c2cccc(F)c2)C1. The second-order valence-corrected chi connectivity index (χ2v) is 9.39. The summed E-state index contributed by atoms with van der Waals surface area (Å²) in [6.45, 7) is 5.52. The number of thiazole rings is 1. The van der Waals surface area contributed by atoms with Gasteiger partial charge in [0, 0.05) is 18.8 Å².